The first kappa shape index (κ1) is 8.03. The summed E-state index contributed by atoms with van der Waals surface area (Å²) in [5.41, 5.74) is 5.02. The first-order valence-electron chi connectivity index (χ1n) is 2.90. The number of nitrogens with zero attached hydrogens (tertiary/aromatic N) is 2. The van der Waals surface area contributed by atoms with Crippen LogP contribution >= 0.6 is 0 Å². The van der Waals surface area contributed by atoms with Gasteiger partial charge in [0.25, 0.3) is 0 Å². The minimum absolute atomic E-state index is 0.168. The molecule has 1 atom stereocenters. The first-order chi connectivity index (χ1) is 5.00. The predicted octanol–water partition coefficient (Wildman–Crippen LogP) is 0.359. The van der Waals surface area contributed by atoms with Crippen molar-refractivity contribution in [2.75, 3.05) is 6.54 Å². The van der Waals surface area contributed by atoms with E-state index in [-0.39, 0.29) is 12.4 Å². The smallest absolute Gasteiger partial charge is 0.383 e. The van der Waals surface area contributed by atoms with E-state index in [4.69, 9.17) is 5.73 Å². The summed E-state index contributed by atoms with van der Waals surface area (Å²) in [4.78, 5) is 6.58. The van der Waals surface area contributed by atoms with Gasteiger partial charge < -0.3 is 5.73 Å². The zero-order valence-electron chi connectivity index (χ0n) is 5.47. The summed E-state index contributed by atoms with van der Waals surface area (Å²) in [6.07, 6.45) is -3.20. The van der Waals surface area contributed by atoms with Crippen LogP contribution in [0.3, 0.4) is 0 Å². The molecule has 0 fully saturated rings. The Morgan fingerprint density at radius 1 is 1.55 bits per heavy atom. The van der Waals surface area contributed by atoms with Gasteiger partial charge in [0.2, 0.25) is 0 Å². The third-order valence-electron chi connectivity index (χ3n) is 1.18. The molecule has 3 nitrogen and oxygen atoms in total. The van der Waals surface area contributed by atoms with Crippen LogP contribution in [-0.2, 0) is 0 Å². The molecule has 0 bridgehead atoms. The summed E-state index contributed by atoms with van der Waals surface area (Å²) >= 11 is 0. The average Bonchev–Trinajstić information content (AvgIpc) is 1.86. The Bertz CT molecular complexity index is 206. The average molecular weight is 165 g/mol. The van der Waals surface area contributed by atoms with E-state index < -0.39 is 12.2 Å². The fraction of sp³-hybridized carbons (Fsp3) is 0.600. The van der Waals surface area contributed by atoms with E-state index in [0.717, 1.165) is 6.21 Å². The quantitative estimate of drug-likeness (QED) is 0.553. The molecule has 0 amide bonds. The van der Waals surface area contributed by atoms with Gasteiger partial charge in [-0.15, -0.1) is 0 Å². The van der Waals surface area contributed by atoms with Crippen LogP contribution in [0.4, 0.5) is 13.2 Å². The van der Waals surface area contributed by atoms with E-state index >= 15 is 0 Å². The molecule has 1 aliphatic rings. The standard InChI is InChI=1S/C5H6F3N3/c6-5(7,8)3-1-10-2-4(9)11-3/h2-3H,1H2,(H2,9,11). The van der Waals surface area contributed by atoms with Crippen molar-refractivity contribution in [2.24, 2.45) is 15.7 Å². The highest BCUT2D eigenvalue weighted by Gasteiger charge is 2.40. The van der Waals surface area contributed by atoms with Crippen LogP contribution in [0.2, 0.25) is 0 Å². The van der Waals surface area contributed by atoms with Gasteiger partial charge in [-0.05, 0) is 0 Å². The lowest BCUT2D eigenvalue weighted by Gasteiger charge is -2.16. The summed E-state index contributed by atoms with van der Waals surface area (Å²) in [6, 6.07) is -1.76. The highest BCUT2D eigenvalue weighted by atomic mass is 19.4. The fourth-order valence-corrected chi connectivity index (χ4v) is 0.677. The number of rotatable bonds is 0. The van der Waals surface area contributed by atoms with Crippen molar-refractivity contribution in [3.63, 3.8) is 0 Å². The Morgan fingerprint density at radius 2 is 2.18 bits per heavy atom. The molecule has 0 spiro atoms. The summed E-state index contributed by atoms with van der Waals surface area (Å²) < 4.78 is 35.6. The lowest BCUT2D eigenvalue weighted by Crippen LogP contribution is -2.35. The first-order valence-corrected chi connectivity index (χ1v) is 2.90. The van der Waals surface area contributed by atoms with E-state index in [0.29, 0.717) is 0 Å². The monoisotopic (exact) mass is 165 g/mol. The van der Waals surface area contributed by atoms with Gasteiger partial charge in [-0.3, -0.25) is 9.98 Å². The summed E-state index contributed by atoms with van der Waals surface area (Å²) in [7, 11) is 0. The van der Waals surface area contributed by atoms with Crippen molar-refractivity contribution in [2.45, 2.75) is 12.2 Å². The molecule has 1 unspecified atom stereocenters. The molecule has 0 aromatic heterocycles. The number of hydrogen-bond acceptors (Lipinski definition) is 3. The highest BCUT2D eigenvalue weighted by Crippen LogP contribution is 2.23. The van der Waals surface area contributed by atoms with Crippen LogP contribution in [-0.4, -0.2) is 30.8 Å². The molecule has 1 rings (SSSR count). The Kier molecular flexibility index (Phi) is 1.84. The normalized spacial score (nSPS) is 25.0. The predicted molar refractivity (Wildman–Crippen MR) is 34.8 cm³/mol. The Balaban J connectivity index is 2.71. The third-order valence-corrected chi connectivity index (χ3v) is 1.18. The van der Waals surface area contributed by atoms with Crippen molar-refractivity contribution in [1.82, 2.24) is 0 Å². The van der Waals surface area contributed by atoms with Gasteiger partial charge in [0.05, 0.1) is 12.8 Å². The third kappa shape index (κ3) is 1.92. The molecule has 1 aliphatic heterocycles. The van der Waals surface area contributed by atoms with Crippen molar-refractivity contribution < 1.29 is 13.2 Å². The number of amidine groups is 1. The zero-order valence-corrected chi connectivity index (χ0v) is 5.47. The van der Waals surface area contributed by atoms with Gasteiger partial charge in [-0.1, -0.05) is 0 Å². The topological polar surface area (TPSA) is 50.7 Å². The second-order valence-electron chi connectivity index (χ2n) is 2.11. The molecule has 1 heterocycles. The molecule has 0 radical (unpaired) electrons. The summed E-state index contributed by atoms with van der Waals surface area (Å²) in [6.45, 7) is -0.357. The Labute approximate surface area is 60.8 Å². The van der Waals surface area contributed by atoms with Crippen LogP contribution in [0.5, 0.6) is 0 Å². The van der Waals surface area contributed by atoms with E-state index in [1.807, 2.05) is 0 Å². The van der Waals surface area contributed by atoms with E-state index in [1.165, 1.54) is 0 Å². The maximum atomic E-state index is 11.9. The van der Waals surface area contributed by atoms with Crippen LogP contribution in [0.15, 0.2) is 9.98 Å². The maximum Gasteiger partial charge on any atom is 0.412 e. The molecule has 0 aromatic rings. The fourth-order valence-electron chi connectivity index (χ4n) is 0.677. The van der Waals surface area contributed by atoms with Crippen LogP contribution in [0.25, 0.3) is 0 Å². The second kappa shape index (κ2) is 2.52. The van der Waals surface area contributed by atoms with Crippen LogP contribution in [0.1, 0.15) is 0 Å². The molecule has 0 saturated carbocycles. The molecule has 11 heavy (non-hydrogen) atoms. The minimum Gasteiger partial charge on any atom is -0.383 e. The largest absolute Gasteiger partial charge is 0.412 e. The SMILES string of the molecule is NC1=NC(C(F)(F)F)CN=C1. The van der Waals surface area contributed by atoms with Crippen LogP contribution < -0.4 is 5.73 Å². The number of nitrogens with two attached hydrogens (primary N) is 1. The molecule has 2 N–H and O–H groups in total. The second-order valence-corrected chi connectivity index (χ2v) is 2.11. The van der Waals surface area contributed by atoms with Gasteiger partial charge >= 0.3 is 6.18 Å². The number of alkyl halides is 3. The van der Waals surface area contributed by atoms with Crippen molar-refractivity contribution in [1.29, 1.82) is 0 Å². The summed E-state index contributed by atoms with van der Waals surface area (Å²) in [5.74, 6) is -0.168. The number of halogens is 3. The van der Waals surface area contributed by atoms with Gasteiger partial charge in [0.15, 0.2) is 6.04 Å². The number of aliphatic imine (C=N–C) groups is 2. The number of hydrogen-bond donors (Lipinski definition) is 1. The highest BCUT2D eigenvalue weighted by molar-refractivity contribution is 6.29. The zero-order chi connectivity index (χ0) is 8.48. The molecule has 0 aromatic carbocycles. The lowest BCUT2D eigenvalue weighted by atomic mass is 10.3. The van der Waals surface area contributed by atoms with Gasteiger partial charge in [0, 0.05) is 0 Å². The molecular weight excluding hydrogens is 159 g/mol. The van der Waals surface area contributed by atoms with Crippen molar-refractivity contribution >= 4 is 12.1 Å². The lowest BCUT2D eigenvalue weighted by molar-refractivity contribution is -0.144. The molecular formula is C5H6F3N3. The van der Waals surface area contributed by atoms with Gasteiger partial charge in [-0.25, -0.2) is 0 Å². The van der Waals surface area contributed by atoms with Gasteiger partial charge in [0.1, 0.15) is 5.84 Å². The molecule has 0 saturated heterocycles. The minimum atomic E-state index is -4.33. The van der Waals surface area contributed by atoms with E-state index in [1.54, 1.807) is 0 Å². The van der Waals surface area contributed by atoms with Crippen LogP contribution in [0, 0.1) is 0 Å². The molecule has 0 aliphatic carbocycles. The molecule has 6 heteroatoms. The Morgan fingerprint density at radius 3 is 2.55 bits per heavy atom. The van der Waals surface area contributed by atoms with E-state index in [9.17, 15) is 13.2 Å². The van der Waals surface area contributed by atoms with Gasteiger partial charge in [-0.2, -0.15) is 13.2 Å². The van der Waals surface area contributed by atoms with Crippen molar-refractivity contribution in [3.8, 4) is 0 Å². The molecule has 62 valence electrons. The Hall–Kier alpha value is -1.07. The van der Waals surface area contributed by atoms with Crippen molar-refractivity contribution in [3.05, 3.63) is 0 Å². The summed E-state index contributed by atoms with van der Waals surface area (Å²) in [5, 5.41) is 0. The van der Waals surface area contributed by atoms with E-state index in [2.05, 4.69) is 9.98 Å². The maximum absolute atomic E-state index is 11.9.